The molecule has 0 spiro atoms. The van der Waals surface area contributed by atoms with Crippen LogP contribution in [0.15, 0.2) is 0 Å². The molecule has 0 radical (unpaired) electrons. The van der Waals surface area contributed by atoms with Gasteiger partial charge in [-0.3, -0.25) is 14.3 Å². The third-order valence-corrected chi connectivity index (χ3v) is 5.62. The lowest BCUT2D eigenvalue weighted by Gasteiger charge is -2.32. The molecule has 1 amide bonds. The number of aromatic nitrogens is 5. The topological polar surface area (TPSA) is 85.9 Å². The molecule has 0 N–H and O–H groups in total. The molecule has 1 fully saturated rings. The van der Waals surface area contributed by atoms with Crippen LogP contribution in [0.5, 0.6) is 0 Å². The maximum Gasteiger partial charge on any atom is 0.224 e. The summed E-state index contributed by atoms with van der Waals surface area (Å²) in [7, 11) is 0. The predicted molar refractivity (Wildman–Crippen MR) is 98.4 cm³/mol. The number of carbonyl (C=O) groups is 2. The molecule has 144 valence electrons. The van der Waals surface area contributed by atoms with Crippen LogP contribution in [-0.2, 0) is 17.9 Å². The highest BCUT2D eigenvalue weighted by Crippen LogP contribution is 2.41. The van der Waals surface area contributed by atoms with E-state index >= 15 is 0 Å². The summed E-state index contributed by atoms with van der Waals surface area (Å²) in [5.41, 5.74) is 2.21. The molecule has 0 bridgehead atoms. The number of Topliss-reactive ketones (excluding diaryl/α,β-unsaturated/α-hetero) is 1. The van der Waals surface area contributed by atoms with Crippen molar-refractivity contribution < 1.29 is 9.59 Å². The van der Waals surface area contributed by atoms with Gasteiger partial charge in [-0.15, -0.1) is 10.2 Å². The maximum atomic E-state index is 12.8. The Hall–Kier alpha value is -2.51. The Labute approximate surface area is 158 Å². The highest BCUT2D eigenvalue weighted by molar-refractivity contribution is 5.96. The molecule has 0 aromatic carbocycles. The molecular formula is C19H26N6O2. The van der Waals surface area contributed by atoms with Crippen LogP contribution in [0.3, 0.4) is 0 Å². The van der Waals surface area contributed by atoms with Gasteiger partial charge in [0, 0.05) is 31.1 Å². The molecule has 2 aliphatic rings. The van der Waals surface area contributed by atoms with Crippen LogP contribution in [0.4, 0.5) is 0 Å². The number of ketones is 1. The molecule has 8 nitrogen and oxygen atoms in total. The van der Waals surface area contributed by atoms with E-state index in [0.29, 0.717) is 37.5 Å². The van der Waals surface area contributed by atoms with Crippen molar-refractivity contribution in [2.45, 2.75) is 72.0 Å². The van der Waals surface area contributed by atoms with Gasteiger partial charge in [0.1, 0.15) is 5.82 Å². The number of hydrogen-bond donors (Lipinski definition) is 0. The molecule has 1 atom stereocenters. The fraction of sp³-hybridized carbons (Fsp3) is 0.632. The second kappa shape index (κ2) is 6.58. The number of nitrogens with zero attached hydrogens (tertiary/aromatic N) is 6. The summed E-state index contributed by atoms with van der Waals surface area (Å²) < 4.78 is 3.99. The largest absolute Gasteiger partial charge is 0.333 e. The number of amides is 1. The van der Waals surface area contributed by atoms with E-state index in [9.17, 15) is 9.59 Å². The molecule has 2 aromatic heterocycles. The number of aryl methyl sites for hydroxylation is 2. The lowest BCUT2D eigenvalue weighted by atomic mass is 10.1. The molecular weight excluding hydrogens is 344 g/mol. The van der Waals surface area contributed by atoms with E-state index in [1.807, 2.05) is 18.7 Å². The van der Waals surface area contributed by atoms with Crippen LogP contribution in [0, 0.1) is 13.8 Å². The highest BCUT2D eigenvalue weighted by Gasteiger charge is 2.35. The Kier molecular flexibility index (Phi) is 4.36. The van der Waals surface area contributed by atoms with E-state index in [1.54, 1.807) is 11.6 Å². The summed E-state index contributed by atoms with van der Waals surface area (Å²) in [5, 5.41) is 13.1. The Morgan fingerprint density at radius 2 is 1.93 bits per heavy atom. The van der Waals surface area contributed by atoms with Crippen LogP contribution in [0.1, 0.15) is 78.5 Å². The van der Waals surface area contributed by atoms with Crippen LogP contribution in [0.25, 0.3) is 0 Å². The van der Waals surface area contributed by atoms with Gasteiger partial charge in [0.15, 0.2) is 11.6 Å². The lowest BCUT2D eigenvalue weighted by Crippen LogP contribution is -2.41. The Morgan fingerprint density at radius 3 is 2.56 bits per heavy atom. The van der Waals surface area contributed by atoms with Gasteiger partial charge in [-0.2, -0.15) is 5.10 Å². The molecule has 1 saturated carbocycles. The first-order chi connectivity index (χ1) is 12.9. The Balaban J connectivity index is 1.43. The van der Waals surface area contributed by atoms with Crippen LogP contribution in [0.2, 0.25) is 0 Å². The van der Waals surface area contributed by atoms with Gasteiger partial charge in [-0.25, -0.2) is 0 Å². The predicted octanol–water partition coefficient (Wildman–Crippen LogP) is 2.16. The monoisotopic (exact) mass is 370 g/mol. The van der Waals surface area contributed by atoms with Crippen LogP contribution < -0.4 is 0 Å². The quantitative estimate of drug-likeness (QED) is 0.753. The third kappa shape index (κ3) is 3.17. The summed E-state index contributed by atoms with van der Waals surface area (Å²) in [5.74, 6) is 2.62. The van der Waals surface area contributed by atoms with Crippen molar-refractivity contribution in [1.29, 1.82) is 0 Å². The van der Waals surface area contributed by atoms with E-state index in [-0.39, 0.29) is 17.7 Å². The summed E-state index contributed by atoms with van der Waals surface area (Å²) in [6, 6.07) is 0.196. The number of rotatable bonds is 5. The highest BCUT2D eigenvalue weighted by atomic mass is 16.2. The molecule has 4 rings (SSSR count). The third-order valence-electron chi connectivity index (χ3n) is 5.62. The zero-order chi connectivity index (χ0) is 19.3. The molecule has 0 saturated heterocycles. The minimum atomic E-state index is 0.0123. The number of fused-ring (bicyclic) bond motifs is 1. The van der Waals surface area contributed by atoms with Crippen molar-refractivity contribution in [3.05, 3.63) is 28.6 Å². The Morgan fingerprint density at radius 1 is 1.19 bits per heavy atom. The smallest absolute Gasteiger partial charge is 0.224 e. The van der Waals surface area contributed by atoms with E-state index in [2.05, 4.69) is 26.8 Å². The fourth-order valence-corrected chi connectivity index (χ4v) is 4.16. The van der Waals surface area contributed by atoms with Crippen molar-refractivity contribution >= 4 is 11.7 Å². The molecule has 1 aliphatic heterocycles. The fourth-order valence-electron chi connectivity index (χ4n) is 4.16. The normalized spacial score (nSPS) is 19.3. The van der Waals surface area contributed by atoms with Gasteiger partial charge in [-0.05, 0) is 40.5 Å². The van der Waals surface area contributed by atoms with E-state index < -0.39 is 0 Å². The molecule has 1 aliphatic carbocycles. The average Bonchev–Trinajstić information content (AvgIpc) is 3.29. The van der Waals surface area contributed by atoms with E-state index in [0.717, 1.165) is 23.0 Å². The van der Waals surface area contributed by atoms with Crippen LogP contribution >= 0.6 is 0 Å². The van der Waals surface area contributed by atoms with Gasteiger partial charge in [0.2, 0.25) is 5.91 Å². The average molecular weight is 370 g/mol. The summed E-state index contributed by atoms with van der Waals surface area (Å²) in [6.45, 7) is 9.05. The van der Waals surface area contributed by atoms with Gasteiger partial charge >= 0.3 is 0 Å². The van der Waals surface area contributed by atoms with Crippen LogP contribution in [-0.4, -0.2) is 47.7 Å². The van der Waals surface area contributed by atoms with Gasteiger partial charge in [0.25, 0.3) is 0 Å². The van der Waals surface area contributed by atoms with Crippen molar-refractivity contribution in [2.24, 2.45) is 0 Å². The standard InChI is InChI=1S/C19H26N6O2/c1-11-9-23(10-16-20-21-19(25(11)16)15-5-6-15)17(27)7-8-24-13(3)18(14(4)26)12(2)22-24/h11,15H,5-10H2,1-4H3/t11-/m0/s1. The zero-order valence-electron chi connectivity index (χ0n) is 16.4. The van der Waals surface area contributed by atoms with Gasteiger partial charge < -0.3 is 9.47 Å². The Bertz CT molecular complexity index is 908. The van der Waals surface area contributed by atoms with Crippen molar-refractivity contribution in [3.8, 4) is 0 Å². The molecule has 2 aromatic rings. The van der Waals surface area contributed by atoms with E-state index in [4.69, 9.17) is 0 Å². The molecule has 3 heterocycles. The lowest BCUT2D eigenvalue weighted by molar-refractivity contribution is -0.133. The summed E-state index contributed by atoms with van der Waals surface area (Å²) in [4.78, 5) is 26.4. The maximum absolute atomic E-state index is 12.8. The first-order valence-electron chi connectivity index (χ1n) is 9.63. The minimum absolute atomic E-state index is 0.0123. The molecule has 27 heavy (non-hydrogen) atoms. The summed E-state index contributed by atoms with van der Waals surface area (Å²) in [6.07, 6.45) is 2.74. The molecule has 0 unspecified atom stereocenters. The van der Waals surface area contributed by atoms with Gasteiger partial charge in [0.05, 0.1) is 23.8 Å². The van der Waals surface area contributed by atoms with E-state index in [1.165, 1.54) is 12.8 Å². The van der Waals surface area contributed by atoms with Crippen molar-refractivity contribution in [2.75, 3.05) is 6.54 Å². The zero-order valence-corrected chi connectivity index (χ0v) is 16.4. The van der Waals surface area contributed by atoms with Crippen molar-refractivity contribution in [1.82, 2.24) is 29.4 Å². The summed E-state index contributed by atoms with van der Waals surface area (Å²) >= 11 is 0. The van der Waals surface area contributed by atoms with Crippen molar-refractivity contribution in [3.63, 3.8) is 0 Å². The number of hydrogen-bond acceptors (Lipinski definition) is 5. The first kappa shape index (κ1) is 17.9. The number of carbonyl (C=O) groups excluding carboxylic acids is 2. The second-order valence-electron chi connectivity index (χ2n) is 7.82. The van der Waals surface area contributed by atoms with Gasteiger partial charge in [-0.1, -0.05) is 0 Å². The minimum Gasteiger partial charge on any atom is -0.333 e. The SMILES string of the molecule is CC(=O)c1c(C)nn(CCC(=O)N2Cc3nnc(C4CC4)n3[C@@H](C)C2)c1C. The first-order valence-corrected chi connectivity index (χ1v) is 9.63. The second-order valence-corrected chi connectivity index (χ2v) is 7.82. The molecule has 8 heteroatoms.